The number of hydrogen-bond donors (Lipinski definition) is 1. The highest BCUT2D eigenvalue weighted by Crippen LogP contribution is 2.41. The second kappa shape index (κ2) is 5.09. The van der Waals surface area contributed by atoms with Gasteiger partial charge >= 0.3 is 6.16 Å². The molecule has 2 unspecified atom stereocenters. The molecule has 5 nitrogen and oxygen atoms in total. The zero-order valence-corrected chi connectivity index (χ0v) is 11.4. The molecule has 0 aromatic heterocycles. The van der Waals surface area contributed by atoms with Crippen LogP contribution in [0, 0.1) is 0 Å². The minimum Gasteiger partial charge on any atom is -0.431 e. The first kappa shape index (κ1) is 13.7. The van der Waals surface area contributed by atoms with Crippen molar-refractivity contribution in [1.29, 1.82) is 0 Å². The third-order valence-electron chi connectivity index (χ3n) is 2.64. The molecule has 1 aromatic rings. The van der Waals surface area contributed by atoms with Gasteiger partial charge < -0.3 is 19.9 Å². The van der Waals surface area contributed by atoms with E-state index in [1.54, 1.807) is 20.8 Å². The fourth-order valence-corrected chi connectivity index (χ4v) is 1.74. The molecule has 104 valence electrons. The molecule has 2 rings (SSSR count). The van der Waals surface area contributed by atoms with Crippen molar-refractivity contribution in [3.05, 3.63) is 29.8 Å². The van der Waals surface area contributed by atoms with Gasteiger partial charge in [-0.2, -0.15) is 0 Å². The van der Waals surface area contributed by atoms with Gasteiger partial charge in [-0.25, -0.2) is 4.79 Å². The van der Waals surface area contributed by atoms with Crippen molar-refractivity contribution in [2.45, 2.75) is 38.6 Å². The van der Waals surface area contributed by atoms with Gasteiger partial charge in [0.1, 0.15) is 24.4 Å². The fraction of sp³-hybridized carbons (Fsp3) is 0.500. The van der Waals surface area contributed by atoms with Crippen LogP contribution in [0.15, 0.2) is 24.3 Å². The summed E-state index contributed by atoms with van der Waals surface area (Å²) in [6, 6.07) is 7.50. The molecule has 0 aliphatic carbocycles. The molecule has 19 heavy (non-hydrogen) atoms. The molecular weight excluding hydrogens is 246 g/mol. The van der Waals surface area contributed by atoms with E-state index in [0.717, 1.165) is 5.56 Å². The molecule has 2 atom stereocenters. The van der Waals surface area contributed by atoms with Crippen molar-refractivity contribution in [1.82, 2.24) is 0 Å². The van der Waals surface area contributed by atoms with E-state index in [-0.39, 0.29) is 18.8 Å². The number of hydrogen-bond acceptors (Lipinski definition) is 5. The van der Waals surface area contributed by atoms with Gasteiger partial charge in [0.05, 0.1) is 0 Å². The number of rotatable bonds is 3. The lowest BCUT2D eigenvalue weighted by Crippen LogP contribution is -2.25. The summed E-state index contributed by atoms with van der Waals surface area (Å²) in [6.45, 7) is 5.54. The van der Waals surface area contributed by atoms with Crippen LogP contribution in [0.2, 0.25) is 0 Å². The Balaban J connectivity index is 1.79. The largest absolute Gasteiger partial charge is 0.508 e. The molecule has 1 aromatic carbocycles. The Morgan fingerprint density at radius 2 is 2.05 bits per heavy atom. The average Bonchev–Trinajstić information content (AvgIpc) is 3.04. The van der Waals surface area contributed by atoms with Gasteiger partial charge in [-0.05, 0) is 26.8 Å². The van der Waals surface area contributed by atoms with Crippen LogP contribution in [0.3, 0.4) is 0 Å². The number of carbonyl (C=O) groups excluding carboxylic acids is 1. The van der Waals surface area contributed by atoms with E-state index in [1.165, 1.54) is 0 Å². The molecule has 0 amide bonds. The fourth-order valence-electron chi connectivity index (χ4n) is 1.74. The number of epoxide rings is 1. The van der Waals surface area contributed by atoms with Crippen LogP contribution >= 0.6 is 0 Å². The number of nitrogen functional groups attached to an aromatic ring is 1. The zero-order valence-electron chi connectivity index (χ0n) is 11.4. The summed E-state index contributed by atoms with van der Waals surface area (Å²) in [7, 11) is 0. The summed E-state index contributed by atoms with van der Waals surface area (Å²) in [5, 5.41) is 0. The molecule has 1 saturated heterocycles. The molecule has 1 heterocycles. The molecule has 2 N–H and O–H groups in total. The minimum absolute atomic E-state index is 0.0939. The van der Waals surface area contributed by atoms with E-state index in [2.05, 4.69) is 0 Å². The molecule has 5 heteroatoms. The molecule has 0 saturated carbocycles. The van der Waals surface area contributed by atoms with Crippen LogP contribution in [0.1, 0.15) is 32.4 Å². The summed E-state index contributed by atoms with van der Waals surface area (Å²) in [4.78, 5) is 11.4. The van der Waals surface area contributed by atoms with Crippen molar-refractivity contribution < 1.29 is 19.0 Å². The standard InChI is InChI=1S/C14H19NO4/c1-14(2,3)19-13(16)17-8-11-12(18-11)9-6-4-5-7-10(9)15/h4-7,11-12H,8,15H2,1-3H3. The van der Waals surface area contributed by atoms with Gasteiger partial charge in [0.25, 0.3) is 0 Å². The van der Waals surface area contributed by atoms with Crippen LogP contribution in [0.25, 0.3) is 0 Å². The number of carbonyl (C=O) groups is 1. The van der Waals surface area contributed by atoms with Crippen molar-refractivity contribution in [3.8, 4) is 0 Å². The zero-order chi connectivity index (χ0) is 14.0. The molecule has 1 aliphatic rings. The highest BCUT2D eigenvalue weighted by atomic mass is 16.7. The van der Waals surface area contributed by atoms with Crippen molar-refractivity contribution in [3.63, 3.8) is 0 Å². The van der Waals surface area contributed by atoms with Gasteiger partial charge in [0.15, 0.2) is 0 Å². The highest BCUT2D eigenvalue weighted by molar-refractivity contribution is 5.60. The normalized spacial score (nSPS) is 21.8. The third kappa shape index (κ3) is 3.86. The Hall–Kier alpha value is -1.75. The average molecular weight is 265 g/mol. The maximum absolute atomic E-state index is 11.4. The molecule has 0 radical (unpaired) electrons. The maximum atomic E-state index is 11.4. The monoisotopic (exact) mass is 265 g/mol. The Labute approximate surface area is 112 Å². The van der Waals surface area contributed by atoms with Crippen LogP contribution < -0.4 is 5.73 Å². The lowest BCUT2D eigenvalue weighted by molar-refractivity contribution is -0.00947. The minimum atomic E-state index is -0.678. The topological polar surface area (TPSA) is 74.1 Å². The van der Waals surface area contributed by atoms with E-state index < -0.39 is 11.8 Å². The van der Waals surface area contributed by atoms with Crippen molar-refractivity contribution >= 4 is 11.8 Å². The lowest BCUT2D eigenvalue weighted by Gasteiger charge is -2.18. The highest BCUT2D eigenvalue weighted by Gasteiger charge is 2.42. The number of anilines is 1. The van der Waals surface area contributed by atoms with E-state index in [9.17, 15) is 4.79 Å². The van der Waals surface area contributed by atoms with E-state index in [0.29, 0.717) is 5.69 Å². The first-order valence-electron chi connectivity index (χ1n) is 6.22. The number of ether oxygens (including phenoxy) is 3. The summed E-state index contributed by atoms with van der Waals surface area (Å²) < 4.78 is 15.5. The van der Waals surface area contributed by atoms with E-state index >= 15 is 0 Å². The number of benzene rings is 1. The molecule has 0 spiro atoms. The smallest absolute Gasteiger partial charge is 0.431 e. The van der Waals surface area contributed by atoms with E-state index in [1.807, 2.05) is 24.3 Å². The second-order valence-electron chi connectivity index (χ2n) is 5.50. The number of nitrogens with two attached hydrogens (primary N) is 1. The van der Waals surface area contributed by atoms with Crippen LogP contribution in [-0.2, 0) is 14.2 Å². The van der Waals surface area contributed by atoms with Crippen LogP contribution in [-0.4, -0.2) is 24.5 Å². The summed E-state index contributed by atoms with van der Waals surface area (Å²) in [5.41, 5.74) is 6.92. The lowest BCUT2D eigenvalue weighted by atomic mass is 10.1. The summed E-state index contributed by atoms with van der Waals surface area (Å²) in [6.07, 6.45) is -0.913. The Morgan fingerprint density at radius 1 is 1.37 bits per heavy atom. The van der Waals surface area contributed by atoms with Crippen molar-refractivity contribution in [2.75, 3.05) is 12.3 Å². The Morgan fingerprint density at radius 3 is 2.68 bits per heavy atom. The molecular formula is C14H19NO4. The second-order valence-corrected chi connectivity index (χ2v) is 5.50. The maximum Gasteiger partial charge on any atom is 0.508 e. The van der Waals surface area contributed by atoms with Crippen molar-refractivity contribution in [2.24, 2.45) is 0 Å². The van der Waals surface area contributed by atoms with Gasteiger partial charge in [-0.1, -0.05) is 18.2 Å². The van der Waals surface area contributed by atoms with Gasteiger partial charge in [0.2, 0.25) is 0 Å². The first-order chi connectivity index (χ1) is 8.87. The van der Waals surface area contributed by atoms with Gasteiger partial charge in [0, 0.05) is 11.3 Å². The third-order valence-corrected chi connectivity index (χ3v) is 2.64. The predicted molar refractivity (Wildman–Crippen MR) is 70.7 cm³/mol. The SMILES string of the molecule is CC(C)(C)OC(=O)OCC1OC1c1ccccc1N. The van der Waals surface area contributed by atoms with Gasteiger partial charge in [-0.15, -0.1) is 0 Å². The summed E-state index contributed by atoms with van der Waals surface area (Å²) >= 11 is 0. The quantitative estimate of drug-likeness (QED) is 0.516. The van der Waals surface area contributed by atoms with E-state index in [4.69, 9.17) is 19.9 Å². The van der Waals surface area contributed by atoms with Gasteiger partial charge in [-0.3, -0.25) is 0 Å². The molecule has 1 fully saturated rings. The molecule has 1 aliphatic heterocycles. The first-order valence-corrected chi connectivity index (χ1v) is 6.22. The Bertz CT molecular complexity index is 467. The van der Waals surface area contributed by atoms with Crippen LogP contribution in [0.4, 0.5) is 10.5 Å². The summed E-state index contributed by atoms with van der Waals surface area (Å²) in [5.74, 6) is 0. The molecule has 0 bridgehead atoms. The number of para-hydroxylation sites is 1. The predicted octanol–water partition coefficient (Wildman–Crippen LogP) is 2.66. The van der Waals surface area contributed by atoms with Crippen LogP contribution in [0.5, 0.6) is 0 Å². The Kier molecular flexibility index (Phi) is 3.66.